The molecule has 4 aromatic rings. The lowest BCUT2D eigenvalue weighted by Gasteiger charge is -2.27. The molecule has 0 aliphatic carbocycles. The lowest BCUT2D eigenvalue weighted by Crippen LogP contribution is -2.35. The molecule has 0 saturated heterocycles. The van der Waals surface area contributed by atoms with E-state index in [-0.39, 0.29) is 5.56 Å². The predicted octanol–water partition coefficient (Wildman–Crippen LogP) is 2.55. The van der Waals surface area contributed by atoms with Crippen LogP contribution >= 0.6 is 0 Å². The first-order valence-electron chi connectivity index (χ1n) is 9.53. The summed E-state index contributed by atoms with van der Waals surface area (Å²) in [6, 6.07) is 11.7. The summed E-state index contributed by atoms with van der Waals surface area (Å²) < 4.78 is 11.9. The Hall–Kier alpha value is -3.39. The standard InChI is InChI=1S/C21H21N5O3/c1-13-9-18(24-29-13)17-10-20-22-19-12-25(8-7-16(19)21(27)26(20)23-17)11-14-3-5-15(28-2)6-4-14/h3-6,9-10,23H,7-8,11-12H2,1-2H3. The van der Waals surface area contributed by atoms with E-state index in [1.165, 1.54) is 10.1 Å². The van der Waals surface area contributed by atoms with Crippen molar-refractivity contribution < 1.29 is 9.26 Å². The molecule has 0 amide bonds. The highest BCUT2D eigenvalue weighted by atomic mass is 16.5. The number of hydrogen-bond acceptors (Lipinski definition) is 6. The third-order valence-electron chi connectivity index (χ3n) is 5.31. The van der Waals surface area contributed by atoms with Crippen molar-refractivity contribution in [1.29, 1.82) is 0 Å². The number of ether oxygens (including phenoxy) is 1. The molecular formula is C21H21N5O3. The molecular weight excluding hydrogens is 370 g/mol. The molecule has 1 aromatic carbocycles. The molecule has 8 heteroatoms. The van der Waals surface area contributed by atoms with Crippen molar-refractivity contribution in [3.8, 4) is 17.1 Å². The summed E-state index contributed by atoms with van der Waals surface area (Å²) in [4.78, 5) is 20.0. The number of aromatic nitrogens is 4. The van der Waals surface area contributed by atoms with Gasteiger partial charge in [-0.3, -0.25) is 14.8 Å². The summed E-state index contributed by atoms with van der Waals surface area (Å²) in [6.07, 6.45) is 0.678. The fourth-order valence-corrected chi connectivity index (χ4v) is 3.80. The van der Waals surface area contributed by atoms with Crippen LogP contribution in [0.4, 0.5) is 0 Å². The molecule has 1 aliphatic heterocycles. The summed E-state index contributed by atoms with van der Waals surface area (Å²) in [6.45, 7) is 4.11. The maximum Gasteiger partial charge on any atom is 0.276 e. The summed E-state index contributed by atoms with van der Waals surface area (Å²) in [7, 11) is 1.66. The Balaban J connectivity index is 1.44. The number of methoxy groups -OCH3 is 1. The number of fused-ring (bicyclic) bond motifs is 2. The molecule has 8 nitrogen and oxygen atoms in total. The second-order valence-corrected chi connectivity index (χ2v) is 7.34. The number of aromatic amines is 1. The Bertz CT molecular complexity index is 1240. The average Bonchev–Trinajstić information content (AvgIpc) is 3.35. The van der Waals surface area contributed by atoms with Crippen LogP contribution in [0.5, 0.6) is 5.75 Å². The Morgan fingerprint density at radius 3 is 2.79 bits per heavy atom. The molecule has 1 aliphatic rings. The van der Waals surface area contributed by atoms with Crippen molar-refractivity contribution in [3.63, 3.8) is 0 Å². The van der Waals surface area contributed by atoms with Gasteiger partial charge >= 0.3 is 0 Å². The summed E-state index contributed by atoms with van der Waals surface area (Å²) in [5, 5.41) is 7.11. The SMILES string of the molecule is COc1ccc(CN2CCc3c(nc4cc(-c5cc(C)on5)[nH]n4c3=O)C2)cc1. The zero-order valence-corrected chi connectivity index (χ0v) is 16.3. The highest BCUT2D eigenvalue weighted by molar-refractivity contribution is 5.60. The van der Waals surface area contributed by atoms with E-state index in [2.05, 4.69) is 27.3 Å². The van der Waals surface area contributed by atoms with E-state index >= 15 is 0 Å². The summed E-state index contributed by atoms with van der Waals surface area (Å²) in [5.74, 6) is 1.56. The van der Waals surface area contributed by atoms with E-state index in [4.69, 9.17) is 14.2 Å². The van der Waals surface area contributed by atoms with E-state index < -0.39 is 0 Å². The first-order chi connectivity index (χ1) is 14.1. The quantitative estimate of drug-likeness (QED) is 0.575. The third kappa shape index (κ3) is 3.21. The third-order valence-corrected chi connectivity index (χ3v) is 5.31. The van der Waals surface area contributed by atoms with Crippen molar-refractivity contribution in [2.75, 3.05) is 13.7 Å². The minimum absolute atomic E-state index is 0.0411. The average molecular weight is 391 g/mol. The van der Waals surface area contributed by atoms with Crippen LogP contribution in [0.1, 0.15) is 22.6 Å². The van der Waals surface area contributed by atoms with E-state index in [1.807, 2.05) is 31.2 Å². The van der Waals surface area contributed by atoms with E-state index in [9.17, 15) is 4.79 Å². The van der Waals surface area contributed by atoms with Crippen LogP contribution < -0.4 is 10.3 Å². The number of rotatable bonds is 4. The number of H-pyrrole nitrogens is 1. The molecule has 1 N–H and O–H groups in total. The van der Waals surface area contributed by atoms with Gasteiger partial charge in [-0.25, -0.2) is 9.50 Å². The molecule has 0 saturated carbocycles. The Labute approximate surface area is 166 Å². The lowest BCUT2D eigenvalue weighted by atomic mass is 10.1. The Kier molecular flexibility index (Phi) is 4.21. The van der Waals surface area contributed by atoms with Crippen molar-refractivity contribution in [3.05, 3.63) is 69.3 Å². The number of hydrogen-bond donors (Lipinski definition) is 1. The molecule has 29 heavy (non-hydrogen) atoms. The maximum atomic E-state index is 13.0. The van der Waals surface area contributed by atoms with Crippen LogP contribution in [-0.4, -0.2) is 38.3 Å². The minimum Gasteiger partial charge on any atom is -0.497 e. The highest BCUT2D eigenvalue weighted by Crippen LogP contribution is 2.22. The number of nitrogens with zero attached hydrogens (tertiary/aromatic N) is 4. The first-order valence-corrected chi connectivity index (χ1v) is 9.53. The second-order valence-electron chi connectivity index (χ2n) is 7.34. The minimum atomic E-state index is -0.0411. The number of nitrogens with one attached hydrogen (secondary N) is 1. The maximum absolute atomic E-state index is 13.0. The van der Waals surface area contributed by atoms with Crippen molar-refractivity contribution in [2.45, 2.75) is 26.4 Å². The van der Waals surface area contributed by atoms with Crippen LogP contribution in [0.3, 0.4) is 0 Å². The number of benzene rings is 1. The summed E-state index contributed by atoms with van der Waals surface area (Å²) in [5.41, 5.74) is 4.75. The van der Waals surface area contributed by atoms with Gasteiger partial charge in [0.05, 0.1) is 18.5 Å². The van der Waals surface area contributed by atoms with Gasteiger partial charge in [-0.1, -0.05) is 17.3 Å². The highest BCUT2D eigenvalue weighted by Gasteiger charge is 2.23. The zero-order chi connectivity index (χ0) is 20.0. The van der Waals surface area contributed by atoms with Crippen molar-refractivity contribution in [2.24, 2.45) is 0 Å². The van der Waals surface area contributed by atoms with E-state index in [0.717, 1.165) is 30.1 Å². The van der Waals surface area contributed by atoms with Crippen LogP contribution in [-0.2, 0) is 19.5 Å². The normalized spacial score (nSPS) is 14.3. The first kappa shape index (κ1) is 17.7. The van der Waals surface area contributed by atoms with Crippen molar-refractivity contribution >= 4 is 5.65 Å². The van der Waals surface area contributed by atoms with Crippen LogP contribution in [0.2, 0.25) is 0 Å². The molecule has 148 valence electrons. The van der Waals surface area contributed by atoms with E-state index in [0.29, 0.717) is 35.8 Å². The topological polar surface area (TPSA) is 88.7 Å². The summed E-state index contributed by atoms with van der Waals surface area (Å²) >= 11 is 0. The molecule has 0 radical (unpaired) electrons. The zero-order valence-electron chi connectivity index (χ0n) is 16.3. The van der Waals surface area contributed by atoms with Crippen LogP contribution in [0.15, 0.2) is 45.7 Å². The van der Waals surface area contributed by atoms with Crippen molar-refractivity contribution in [1.82, 2.24) is 24.7 Å². The van der Waals surface area contributed by atoms with Gasteiger partial charge in [-0.05, 0) is 31.0 Å². The van der Waals surface area contributed by atoms with E-state index in [1.54, 1.807) is 7.11 Å². The predicted molar refractivity (Wildman–Crippen MR) is 107 cm³/mol. The van der Waals surface area contributed by atoms with Gasteiger partial charge in [0.15, 0.2) is 5.65 Å². The largest absolute Gasteiger partial charge is 0.497 e. The number of aryl methyl sites for hydroxylation is 1. The smallest absolute Gasteiger partial charge is 0.276 e. The van der Waals surface area contributed by atoms with Gasteiger partial charge < -0.3 is 9.26 Å². The lowest BCUT2D eigenvalue weighted by molar-refractivity contribution is 0.240. The van der Waals surface area contributed by atoms with Gasteiger partial charge in [-0.2, -0.15) is 0 Å². The van der Waals surface area contributed by atoms with Gasteiger partial charge in [0.2, 0.25) is 0 Å². The molecule has 4 heterocycles. The fraction of sp³-hybridized carbons (Fsp3) is 0.286. The van der Waals surface area contributed by atoms with Gasteiger partial charge in [-0.15, -0.1) is 0 Å². The molecule has 0 fully saturated rings. The second kappa shape index (κ2) is 6.89. The Morgan fingerprint density at radius 1 is 1.24 bits per heavy atom. The Morgan fingerprint density at radius 2 is 2.07 bits per heavy atom. The van der Waals surface area contributed by atoms with Crippen LogP contribution in [0.25, 0.3) is 17.0 Å². The van der Waals surface area contributed by atoms with Crippen LogP contribution in [0, 0.1) is 6.92 Å². The molecule has 0 spiro atoms. The monoisotopic (exact) mass is 391 g/mol. The molecule has 0 bridgehead atoms. The fourth-order valence-electron chi connectivity index (χ4n) is 3.80. The molecule has 0 atom stereocenters. The molecule has 0 unspecified atom stereocenters. The van der Waals surface area contributed by atoms with Gasteiger partial charge in [0.1, 0.15) is 17.2 Å². The molecule has 3 aromatic heterocycles. The molecule has 5 rings (SSSR count). The van der Waals surface area contributed by atoms with Gasteiger partial charge in [0.25, 0.3) is 5.56 Å². The van der Waals surface area contributed by atoms with Gasteiger partial charge in [0, 0.05) is 37.3 Å².